The number of hydrogen-bond donors (Lipinski definition) is 1. The lowest BCUT2D eigenvalue weighted by Gasteiger charge is -2.20. The largest absolute Gasteiger partial charge is 0.314 e. The Hall–Kier alpha value is -0.0400. The van der Waals surface area contributed by atoms with Gasteiger partial charge in [-0.2, -0.15) is 0 Å². The van der Waals surface area contributed by atoms with E-state index in [2.05, 4.69) is 33.0 Å². The highest BCUT2D eigenvalue weighted by Crippen LogP contribution is 2.10. The van der Waals surface area contributed by atoms with Crippen LogP contribution < -0.4 is 5.32 Å². The first kappa shape index (κ1) is 13.0. The van der Waals surface area contributed by atoms with Crippen molar-refractivity contribution in [1.82, 2.24) is 5.32 Å². The lowest BCUT2D eigenvalue weighted by atomic mass is 9.99. The lowest BCUT2D eigenvalue weighted by molar-refractivity contribution is 0.390. The highest BCUT2D eigenvalue weighted by atomic mass is 14.9. The van der Waals surface area contributed by atoms with Gasteiger partial charge in [-0.05, 0) is 31.7 Å². The molecule has 0 aromatic carbocycles. The van der Waals surface area contributed by atoms with E-state index in [4.69, 9.17) is 0 Å². The van der Waals surface area contributed by atoms with E-state index in [9.17, 15) is 0 Å². The summed E-state index contributed by atoms with van der Waals surface area (Å²) in [6.07, 6.45) is 6.63. The molecule has 0 saturated carbocycles. The van der Waals surface area contributed by atoms with E-state index in [0.29, 0.717) is 0 Å². The molecule has 0 rings (SSSR count). The maximum atomic E-state index is 3.64. The molecule has 13 heavy (non-hydrogen) atoms. The first-order chi connectivity index (χ1) is 6.20. The molecule has 0 radical (unpaired) electrons. The summed E-state index contributed by atoms with van der Waals surface area (Å²) in [6.45, 7) is 10.3. The second-order valence-corrected chi connectivity index (χ2v) is 4.42. The van der Waals surface area contributed by atoms with Crippen molar-refractivity contribution in [3.05, 3.63) is 0 Å². The summed E-state index contributed by atoms with van der Waals surface area (Å²) < 4.78 is 0. The van der Waals surface area contributed by atoms with Crippen molar-refractivity contribution < 1.29 is 0 Å². The van der Waals surface area contributed by atoms with Crippen LogP contribution in [0.3, 0.4) is 0 Å². The van der Waals surface area contributed by atoms with Crippen LogP contribution in [-0.2, 0) is 0 Å². The van der Waals surface area contributed by atoms with E-state index in [1.54, 1.807) is 0 Å². The summed E-state index contributed by atoms with van der Waals surface area (Å²) in [5, 5.41) is 3.64. The van der Waals surface area contributed by atoms with Crippen molar-refractivity contribution >= 4 is 0 Å². The molecule has 0 saturated heterocycles. The minimum absolute atomic E-state index is 0.764. The van der Waals surface area contributed by atoms with Gasteiger partial charge < -0.3 is 5.32 Å². The van der Waals surface area contributed by atoms with Gasteiger partial charge in [0.1, 0.15) is 0 Å². The molecule has 1 nitrogen and oxygen atoms in total. The Balaban J connectivity index is 3.60. The van der Waals surface area contributed by atoms with Crippen molar-refractivity contribution in [3.63, 3.8) is 0 Å². The first-order valence-electron chi connectivity index (χ1n) is 5.94. The summed E-state index contributed by atoms with van der Waals surface area (Å²) >= 11 is 0. The van der Waals surface area contributed by atoms with Crippen LogP contribution in [0.4, 0.5) is 0 Å². The van der Waals surface area contributed by atoms with E-state index in [1.807, 2.05) is 0 Å². The minimum atomic E-state index is 0.764. The monoisotopic (exact) mass is 185 g/mol. The Bertz CT molecular complexity index is 91.3. The van der Waals surface area contributed by atoms with E-state index in [0.717, 1.165) is 12.0 Å². The SMILES string of the molecule is CCCCC(CC(C)C)NCCC. The Kier molecular flexibility index (Phi) is 8.53. The van der Waals surface area contributed by atoms with Gasteiger partial charge in [0.2, 0.25) is 0 Å². The third-order valence-electron chi connectivity index (χ3n) is 2.35. The van der Waals surface area contributed by atoms with Crippen LogP contribution in [0.2, 0.25) is 0 Å². The van der Waals surface area contributed by atoms with Crippen LogP contribution in [0, 0.1) is 5.92 Å². The average molecular weight is 185 g/mol. The standard InChI is InChI=1S/C12H27N/c1-5-7-8-12(10-11(3)4)13-9-6-2/h11-13H,5-10H2,1-4H3. The van der Waals surface area contributed by atoms with Crippen molar-refractivity contribution in [2.24, 2.45) is 5.92 Å². The van der Waals surface area contributed by atoms with Crippen molar-refractivity contribution in [3.8, 4) is 0 Å². The summed E-state index contributed by atoms with van der Waals surface area (Å²) in [5.41, 5.74) is 0. The fraction of sp³-hybridized carbons (Fsp3) is 1.00. The molecule has 1 heteroatoms. The van der Waals surface area contributed by atoms with Gasteiger partial charge >= 0.3 is 0 Å². The molecule has 80 valence electrons. The maximum absolute atomic E-state index is 3.64. The van der Waals surface area contributed by atoms with E-state index < -0.39 is 0 Å². The summed E-state index contributed by atoms with van der Waals surface area (Å²) in [6, 6.07) is 0.764. The van der Waals surface area contributed by atoms with E-state index in [-0.39, 0.29) is 0 Å². The molecule has 0 aromatic heterocycles. The fourth-order valence-corrected chi connectivity index (χ4v) is 1.67. The van der Waals surface area contributed by atoms with E-state index in [1.165, 1.54) is 38.6 Å². The van der Waals surface area contributed by atoms with Gasteiger partial charge in [-0.25, -0.2) is 0 Å². The van der Waals surface area contributed by atoms with Crippen LogP contribution in [0.25, 0.3) is 0 Å². The number of unbranched alkanes of at least 4 members (excludes halogenated alkanes) is 1. The zero-order valence-electron chi connectivity index (χ0n) is 9.90. The highest BCUT2D eigenvalue weighted by Gasteiger charge is 2.08. The van der Waals surface area contributed by atoms with Gasteiger partial charge in [-0.15, -0.1) is 0 Å². The van der Waals surface area contributed by atoms with Crippen molar-refractivity contribution in [1.29, 1.82) is 0 Å². The molecule has 0 amide bonds. The van der Waals surface area contributed by atoms with Crippen LogP contribution in [-0.4, -0.2) is 12.6 Å². The van der Waals surface area contributed by atoms with Gasteiger partial charge in [0.25, 0.3) is 0 Å². The number of nitrogens with one attached hydrogen (secondary N) is 1. The summed E-state index contributed by atoms with van der Waals surface area (Å²) in [4.78, 5) is 0. The fourth-order valence-electron chi connectivity index (χ4n) is 1.67. The Labute approximate surface area is 84.3 Å². The first-order valence-corrected chi connectivity index (χ1v) is 5.94. The molecule has 1 unspecified atom stereocenters. The second-order valence-electron chi connectivity index (χ2n) is 4.42. The third kappa shape index (κ3) is 8.29. The molecule has 0 spiro atoms. The predicted octanol–water partition coefficient (Wildman–Crippen LogP) is 3.59. The molecule has 0 aliphatic heterocycles. The molecule has 0 bridgehead atoms. The second kappa shape index (κ2) is 8.55. The highest BCUT2D eigenvalue weighted by molar-refractivity contribution is 4.68. The van der Waals surface area contributed by atoms with Crippen LogP contribution in [0.15, 0.2) is 0 Å². The molecule has 1 N–H and O–H groups in total. The summed E-state index contributed by atoms with van der Waals surface area (Å²) in [5.74, 6) is 0.825. The van der Waals surface area contributed by atoms with Crippen molar-refractivity contribution in [2.75, 3.05) is 6.54 Å². The minimum Gasteiger partial charge on any atom is -0.314 e. The molecule has 0 aliphatic rings. The average Bonchev–Trinajstić information content (AvgIpc) is 2.09. The Morgan fingerprint density at radius 3 is 2.23 bits per heavy atom. The zero-order valence-corrected chi connectivity index (χ0v) is 9.90. The van der Waals surface area contributed by atoms with Crippen molar-refractivity contribution in [2.45, 2.75) is 65.8 Å². The third-order valence-corrected chi connectivity index (χ3v) is 2.35. The molecule has 0 aliphatic carbocycles. The van der Waals surface area contributed by atoms with E-state index >= 15 is 0 Å². The van der Waals surface area contributed by atoms with Gasteiger partial charge in [-0.1, -0.05) is 40.5 Å². The van der Waals surface area contributed by atoms with Gasteiger partial charge in [0.15, 0.2) is 0 Å². The van der Waals surface area contributed by atoms with Crippen LogP contribution in [0.1, 0.15) is 59.8 Å². The maximum Gasteiger partial charge on any atom is 0.00694 e. The van der Waals surface area contributed by atoms with Gasteiger partial charge in [-0.3, -0.25) is 0 Å². The molecular weight excluding hydrogens is 158 g/mol. The summed E-state index contributed by atoms with van der Waals surface area (Å²) in [7, 11) is 0. The van der Waals surface area contributed by atoms with Gasteiger partial charge in [0, 0.05) is 6.04 Å². The van der Waals surface area contributed by atoms with Crippen LogP contribution >= 0.6 is 0 Å². The quantitative estimate of drug-likeness (QED) is 0.609. The lowest BCUT2D eigenvalue weighted by Crippen LogP contribution is -2.31. The van der Waals surface area contributed by atoms with Gasteiger partial charge in [0.05, 0.1) is 0 Å². The zero-order chi connectivity index (χ0) is 10.1. The normalized spacial score (nSPS) is 13.6. The smallest absolute Gasteiger partial charge is 0.00694 e. The number of hydrogen-bond acceptors (Lipinski definition) is 1. The topological polar surface area (TPSA) is 12.0 Å². The Morgan fingerprint density at radius 2 is 1.77 bits per heavy atom. The van der Waals surface area contributed by atoms with Crippen LogP contribution in [0.5, 0.6) is 0 Å². The molecule has 0 aromatic rings. The molecule has 0 fully saturated rings. The molecular formula is C12H27N. The Morgan fingerprint density at radius 1 is 1.08 bits per heavy atom. The number of rotatable bonds is 8. The molecule has 0 heterocycles. The molecule has 1 atom stereocenters. The predicted molar refractivity (Wildman–Crippen MR) is 61.1 cm³/mol.